The molecule has 0 atom stereocenters. The van der Waals surface area contributed by atoms with Crippen LogP contribution in [-0.4, -0.2) is 33.6 Å². The molecule has 1 N–H and O–H groups in total. The summed E-state index contributed by atoms with van der Waals surface area (Å²) in [5.41, 5.74) is -0.457. The number of Topliss-reactive ketones (excluding diaryl/α,β-unsaturated/α-hetero) is 1. The highest BCUT2D eigenvalue weighted by atomic mass is 16.1. The van der Waals surface area contributed by atoms with E-state index in [0.29, 0.717) is 0 Å². The number of nitrogens with zero attached hydrogens (tertiary/aromatic N) is 3. The predicted octanol–water partition coefficient (Wildman–Crippen LogP) is -0.0542. The number of aromatic nitrogens is 3. The summed E-state index contributed by atoms with van der Waals surface area (Å²) in [5.74, 6) is 0.171. The monoisotopic (exact) mass is 194 g/mol. The molecule has 0 saturated carbocycles. The molecule has 0 aliphatic carbocycles. The Kier molecular flexibility index (Phi) is 2.33. The van der Waals surface area contributed by atoms with Crippen LogP contribution in [0.3, 0.4) is 0 Å². The molecule has 5 heteroatoms. The van der Waals surface area contributed by atoms with Crippen LogP contribution in [0.5, 0.6) is 0 Å². The maximum atomic E-state index is 11.7. The van der Waals surface area contributed by atoms with Crippen molar-refractivity contribution in [2.24, 2.45) is 0 Å². The average Bonchev–Trinajstić information content (AvgIpc) is 2.72. The highest BCUT2D eigenvalue weighted by molar-refractivity contribution is 5.84. The predicted molar refractivity (Wildman–Crippen MR) is 50.8 cm³/mol. The molecular weight excluding hydrogens is 180 g/mol. The largest absolute Gasteiger partial charge is 0.317 e. The van der Waals surface area contributed by atoms with Gasteiger partial charge in [-0.1, -0.05) is 0 Å². The Morgan fingerprint density at radius 3 is 2.71 bits per heavy atom. The molecule has 0 bridgehead atoms. The Labute approximate surface area is 82.5 Å². The summed E-state index contributed by atoms with van der Waals surface area (Å²) in [7, 11) is 0. The quantitative estimate of drug-likeness (QED) is 0.717. The second kappa shape index (κ2) is 3.49. The molecule has 2 rings (SSSR count). The van der Waals surface area contributed by atoms with Gasteiger partial charge in [-0.2, -0.15) is 5.10 Å². The van der Waals surface area contributed by atoms with Crippen molar-refractivity contribution >= 4 is 5.78 Å². The number of ketones is 1. The van der Waals surface area contributed by atoms with E-state index in [0.717, 1.165) is 25.9 Å². The summed E-state index contributed by atoms with van der Waals surface area (Å²) >= 11 is 0. The van der Waals surface area contributed by atoms with Gasteiger partial charge in [0.05, 0.1) is 0 Å². The second-order valence-electron chi connectivity index (χ2n) is 3.68. The summed E-state index contributed by atoms with van der Waals surface area (Å²) < 4.78 is 1.70. The lowest BCUT2D eigenvalue weighted by Gasteiger charge is -2.35. The Morgan fingerprint density at radius 1 is 1.50 bits per heavy atom. The van der Waals surface area contributed by atoms with Gasteiger partial charge < -0.3 is 5.32 Å². The van der Waals surface area contributed by atoms with E-state index in [4.69, 9.17) is 0 Å². The number of carbonyl (C=O) groups is 1. The molecule has 2 heterocycles. The Hall–Kier alpha value is -1.23. The first kappa shape index (κ1) is 9.33. The van der Waals surface area contributed by atoms with Crippen molar-refractivity contribution in [3.8, 4) is 0 Å². The summed E-state index contributed by atoms with van der Waals surface area (Å²) in [6.45, 7) is 3.35. The van der Waals surface area contributed by atoms with Gasteiger partial charge in [-0.05, 0) is 32.9 Å². The van der Waals surface area contributed by atoms with Gasteiger partial charge in [0.25, 0.3) is 0 Å². The van der Waals surface area contributed by atoms with Crippen molar-refractivity contribution in [1.29, 1.82) is 0 Å². The minimum atomic E-state index is -0.457. The maximum Gasteiger partial charge on any atom is 0.157 e. The third-order valence-electron chi connectivity index (χ3n) is 2.94. The average molecular weight is 194 g/mol. The van der Waals surface area contributed by atoms with Crippen LogP contribution in [0.25, 0.3) is 0 Å². The molecule has 0 spiro atoms. The van der Waals surface area contributed by atoms with Gasteiger partial charge in [-0.15, -0.1) is 0 Å². The van der Waals surface area contributed by atoms with E-state index in [9.17, 15) is 4.79 Å². The molecule has 1 aliphatic rings. The maximum absolute atomic E-state index is 11.7. The van der Waals surface area contributed by atoms with Crippen molar-refractivity contribution in [2.75, 3.05) is 13.1 Å². The Balaban J connectivity index is 2.35. The van der Waals surface area contributed by atoms with E-state index in [-0.39, 0.29) is 5.78 Å². The van der Waals surface area contributed by atoms with Crippen LogP contribution >= 0.6 is 0 Å². The highest BCUT2D eigenvalue weighted by Crippen LogP contribution is 2.27. The highest BCUT2D eigenvalue weighted by Gasteiger charge is 2.39. The van der Waals surface area contributed by atoms with Gasteiger partial charge in [0.2, 0.25) is 0 Å². The zero-order valence-electron chi connectivity index (χ0n) is 8.23. The van der Waals surface area contributed by atoms with Gasteiger partial charge >= 0.3 is 0 Å². The van der Waals surface area contributed by atoms with Gasteiger partial charge in [0.1, 0.15) is 18.2 Å². The van der Waals surface area contributed by atoms with Crippen LogP contribution in [0.15, 0.2) is 12.7 Å². The number of hydrogen-bond donors (Lipinski definition) is 1. The molecule has 0 unspecified atom stereocenters. The molecule has 1 aromatic rings. The molecule has 5 nitrogen and oxygen atoms in total. The fourth-order valence-corrected chi connectivity index (χ4v) is 2.01. The van der Waals surface area contributed by atoms with Gasteiger partial charge in [0, 0.05) is 0 Å². The van der Waals surface area contributed by atoms with E-state index in [1.807, 2.05) is 0 Å². The topological polar surface area (TPSA) is 59.8 Å². The standard InChI is InChI=1S/C9H14N4O/c1-8(14)9(2-4-10-5-3-9)13-7-11-6-12-13/h6-7,10H,2-5H2,1H3. The minimum Gasteiger partial charge on any atom is -0.317 e. The van der Waals surface area contributed by atoms with Crippen LogP contribution in [0.2, 0.25) is 0 Å². The fourth-order valence-electron chi connectivity index (χ4n) is 2.01. The summed E-state index contributed by atoms with van der Waals surface area (Å²) in [5, 5.41) is 7.33. The van der Waals surface area contributed by atoms with Crippen LogP contribution < -0.4 is 5.32 Å². The van der Waals surface area contributed by atoms with E-state index in [1.165, 1.54) is 6.33 Å². The van der Waals surface area contributed by atoms with Crippen LogP contribution in [0.4, 0.5) is 0 Å². The lowest BCUT2D eigenvalue weighted by molar-refractivity contribution is -0.127. The fraction of sp³-hybridized carbons (Fsp3) is 0.667. The number of piperidine rings is 1. The molecule has 0 radical (unpaired) electrons. The SMILES string of the molecule is CC(=O)C1(n2cncn2)CCNCC1. The molecule has 14 heavy (non-hydrogen) atoms. The Bertz CT molecular complexity index is 314. The molecule has 0 aromatic carbocycles. The lowest BCUT2D eigenvalue weighted by Crippen LogP contribution is -2.49. The number of nitrogens with one attached hydrogen (secondary N) is 1. The van der Waals surface area contributed by atoms with E-state index in [1.54, 1.807) is 17.9 Å². The molecule has 76 valence electrons. The number of carbonyl (C=O) groups excluding carboxylic acids is 1. The van der Waals surface area contributed by atoms with Gasteiger partial charge in [-0.3, -0.25) is 4.79 Å². The first-order valence-corrected chi connectivity index (χ1v) is 4.82. The molecule has 1 saturated heterocycles. The smallest absolute Gasteiger partial charge is 0.157 e. The lowest BCUT2D eigenvalue weighted by atomic mass is 9.85. The van der Waals surface area contributed by atoms with Crippen LogP contribution in [-0.2, 0) is 10.3 Å². The summed E-state index contributed by atoms with van der Waals surface area (Å²) in [6, 6.07) is 0. The zero-order chi connectivity index (χ0) is 10.0. The number of rotatable bonds is 2. The Morgan fingerprint density at radius 2 is 2.21 bits per heavy atom. The molecule has 0 amide bonds. The minimum absolute atomic E-state index is 0.171. The second-order valence-corrected chi connectivity index (χ2v) is 3.68. The molecule has 1 fully saturated rings. The van der Waals surface area contributed by atoms with Crippen molar-refractivity contribution in [2.45, 2.75) is 25.3 Å². The molecule has 1 aromatic heterocycles. The van der Waals surface area contributed by atoms with Crippen LogP contribution in [0.1, 0.15) is 19.8 Å². The molecular formula is C9H14N4O. The van der Waals surface area contributed by atoms with Crippen molar-refractivity contribution in [3.05, 3.63) is 12.7 Å². The zero-order valence-corrected chi connectivity index (χ0v) is 8.23. The van der Waals surface area contributed by atoms with Gasteiger partial charge in [-0.25, -0.2) is 9.67 Å². The normalized spacial score (nSPS) is 20.6. The summed E-state index contributed by atoms with van der Waals surface area (Å²) in [6.07, 6.45) is 4.71. The van der Waals surface area contributed by atoms with Crippen molar-refractivity contribution in [3.63, 3.8) is 0 Å². The van der Waals surface area contributed by atoms with E-state index >= 15 is 0 Å². The molecule has 1 aliphatic heterocycles. The summed E-state index contributed by atoms with van der Waals surface area (Å²) in [4.78, 5) is 15.6. The first-order valence-electron chi connectivity index (χ1n) is 4.82. The van der Waals surface area contributed by atoms with Crippen molar-refractivity contribution < 1.29 is 4.79 Å². The van der Waals surface area contributed by atoms with E-state index in [2.05, 4.69) is 15.4 Å². The number of hydrogen-bond acceptors (Lipinski definition) is 4. The van der Waals surface area contributed by atoms with Crippen LogP contribution in [0, 0.1) is 0 Å². The van der Waals surface area contributed by atoms with E-state index < -0.39 is 5.54 Å². The third kappa shape index (κ3) is 1.33. The van der Waals surface area contributed by atoms with Crippen molar-refractivity contribution in [1.82, 2.24) is 20.1 Å². The van der Waals surface area contributed by atoms with Gasteiger partial charge in [0.15, 0.2) is 5.78 Å². The third-order valence-corrected chi connectivity index (χ3v) is 2.94. The first-order chi connectivity index (χ1) is 6.76.